The Morgan fingerprint density at radius 3 is 1.43 bits per heavy atom. The highest BCUT2D eigenvalue weighted by atomic mass is 19.4. The summed E-state index contributed by atoms with van der Waals surface area (Å²) in [6.07, 6.45) is 1.69. The Labute approximate surface area is 151 Å². The fraction of sp³-hybridized carbons (Fsp3) is 1.00. The zero-order chi connectivity index (χ0) is 22.7. The molecule has 0 spiro atoms. The van der Waals surface area contributed by atoms with Gasteiger partial charge in [-0.3, -0.25) is 0 Å². The van der Waals surface area contributed by atoms with Crippen LogP contribution < -0.4 is 0 Å². The van der Waals surface area contributed by atoms with Crippen LogP contribution in [0.1, 0.15) is 32.6 Å². The van der Waals surface area contributed by atoms with Crippen LogP contribution in [0.4, 0.5) is 52.7 Å². The van der Waals surface area contributed by atoms with Crippen molar-refractivity contribution >= 4 is 0 Å². The van der Waals surface area contributed by atoms with E-state index < -0.39 is 55.4 Å². The molecular formula is C14H18F12O2. The fourth-order valence-corrected chi connectivity index (χ4v) is 1.87. The predicted octanol–water partition coefficient (Wildman–Crippen LogP) is 5.39. The Morgan fingerprint density at radius 1 is 0.607 bits per heavy atom. The molecule has 0 aromatic heterocycles. The van der Waals surface area contributed by atoms with E-state index in [1.165, 1.54) is 0 Å². The number of aliphatic hydroxyl groups excluding tert-OH is 1. The number of hydrogen-bond acceptors (Lipinski definition) is 2. The van der Waals surface area contributed by atoms with Gasteiger partial charge in [0.05, 0.1) is 0 Å². The lowest BCUT2D eigenvalue weighted by Gasteiger charge is -2.40. The molecule has 0 aromatic carbocycles. The van der Waals surface area contributed by atoms with Crippen LogP contribution in [-0.4, -0.2) is 60.5 Å². The van der Waals surface area contributed by atoms with Crippen LogP contribution in [0.3, 0.4) is 0 Å². The first-order valence-corrected chi connectivity index (χ1v) is 7.83. The van der Waals surface area contributed by atoms with Gasteiger partial charge in [-0.25, -0.2) is 0 Å². The summed E-state index contributed by atoms with van der Waals surface area (Å²) in [5.74, 6) is -42.2. The van der Waals surface area contributed by atoms with E-state index in [1.54, 1.807) is 6.92 Å². The topological polar surface area (TPSA) is 29.5 Å². The van der Waals surface area contributed by atoms with E-state index in [0.717, 1.165) is 0 Å². The van der Waals surface area contributed by atoms with Crippen LogP contribution in [0, 0.1) is 0 Å². The Balaban J connectivity index is 5.59. The van der Waals surface area contributed by atoms with Gasteiger partial charge >= 0.3 is 35.5 Å². The molecule has 0 amide bonds. The smallest absolute Gasteiger partial charge is 0.384 e. The summed E-state index contributed by atoms with van der Waals surface area (Å²) in [7, 11) is 0. The zero-order valence-electron chi connectivity index (χ0n) is 14.3. The van der Waals surface area contributed by atoms with E-state index >= 15 is 0 Å². The SMILES string of the molecule is CCCCCCOCC(F)(F)C(F)(F)C(F)(F)C(F)(F)C(F)(F)C(F)(F)CO. The van der Waals surface area contributed by atoms with Gasteiger partial charge in [0, 0.05) is 6.61 Å². The minimum Gasteiger partial charge on any atom is -0.390 e. The maximum atomic E-state index is 13.4. The second-order valence-corrected chi connectivity index (χ2v) is 5.98. The van der Waals surface area contributed by atoms with E-state index in [1.807, 2.05) is 0 Å². The van der Waals surface area contributed by atoms with Crippen molar-refractivity contribution in [1.29, 1.82) is 0 Å². The van der Waals surface area contributed by atoms with Crippen molar-refractivity contribution in [2.75, 3.05) is 19.8 Å². The number of halogens is 12. The highest BCUT2D eigenvalue weighted by molar-refractivity contribution is 5.11. The highest BCUT2D eigenvalue weighted by Crippen LogP contribution is 2.59. The molecule has 0 unspecified atom stereocenters. The summed E-state index contributed by atoms with van der Waals surface area (Å²) >= 11 is 0. The third kappa shape index (κ3) is 4.62. The van der Waals surface area contributed by atoms with Crippen LogP contribution in [0.25, 0.3) is 0 Å². The molecule has 0 aliphatic rings. The van der Waals surface area contributed by atoms with Gasteiger partial charge in [0.2, 0.25) is 0 Å². The standard InChI is InChI=1S/C14H18F12O2/c1-2-3-4-5-6-28-8-10(17,18)12(21,22)14(25,26)13(23,24)11(19,20)9(15,16)7-27/h27H,2-8H2,1H3. The normalized spacial score (nSPS) is 15.2. The lowest BCUT2D eigenvalue weighted by Crippen LogP contribution is -2.71. The number of rotatable bonds is 13. The van der Waals surface area contributed by atoms with Crippen molar-refractivity contribution in [3.8, 4) is 0 Å². The fourth-order valence-electron chi connectivity index (χ4n) is 1.87. The maximum absolute atomic E-state index is 13.4. The highest BCUT2D eigenvalue weighted by Gasteiger charge is 2.89. The average molecular weight is 446 g/mol. The Bertz CT molecular complexity index is 493. The van der Waals surface area contributed by atoms with Gasteiger partial charge in [0.25, 0.3) is 0 Å². The Kier molecular flexibility index (Phi) is 8.55. The minimum absolute atomic E-state index is 0.0306. The largest absolute Gasteiger partial charge is 0.390 e. The molecule has 1 N–H and O–H groups in total. The number of unbranched alkanes of at least 4 members (excludes halogenated alkanes) is 3. The van der Waals surface area contributed by atoms with Gasteiger partial charge in [-0.15, -0.1) is 0 Å². The van der Waals surface area contributed by atoms with Crippen LogP contribution in [0.15, 0.2) is 0 Å². The van der Waals surface area contributed by atoms with Crippen LogP contribution in [0.2, 0.25) is 0 Å². The van der Waals surface area contributed by atoms with Crippen molar-refractivity contribution < 1.29 is 62.5 Å². The molecule has 0 heterocycles. The summed E-state index contributed by atoms with van der Waals surface area (Å²) in [6, 6.07) is 0. The van der Waals surface area contributed by atoms with Crippen molar-refractivity contribution in [2.24, 2.45) is 0 Å². The summed E-state index contributed by atoms with van der Waals surface area (Å²) in [5.41, 5.74) is 0. The molecule has 170 valence electrons. The molecule has 0 atom stereocenters. The van der Waals surface area contributed by atoms with Gasteiger partial charge in [-0.05, 0) is 6.42 Å². The number of alkyl halides is 12. The Morgan fingerprint density at radius 2 is 1.04 bits per heavy atom. The minimum atomic E-state index is -7.65. The molecule has 0 aliphatic heterocycles. The zero-order valence-corrected chi connectivity index (χ0v) is 14.3. The van der Waals surface area contributed by atoms with Crippen molar-refractivity contribution in [3.63, 3.8) is 0 Å². The molecule has 0 fully saturated rings. The van der Waals surface area contributed by atoms with E-state index in [4.69, 9.17) is 5.11 Å². The molecule has 0 bridgehead atoms. The molecule has 0 radical (unpaired) electrons. The second-order valence-electron chi connectivity index (χ2n) is 5.98. The van der Waals surface area contributed by atoms with Crippen molar-refractivity contribution in [1.82, 2.24) is 0 Å². The Hall–Kier alpha value is -0.920. The first kappa shape index (κ1) is 27.1. The average Bonchev–Trinajstić information content (AvgIpc) is 2.56. The maximum Gasteiger partial charge on any atom is 0.384 e. The monoisotopic (exact) mass is 446 g/mol. The van der Waals surface area contributed by atoms with E-state index in [0.29, 0.717) is 19.3 Å². The number of ether oxygens (including phenoxy) is 1. The van der Waals surface area contributed by atoms with Crippen molar-refractivity contribution in [2.45, 2.75) is 68.1 Å². The third-order valence-corrected chi connectivity index (χ3v) is 3.73. The lowest BCUT2D eigenvalue weighted by atomic mass is 9.91. The predicted molar refractivity (Wildman–Crippen MR) is 71.7 cm³/mol. The molecule has 2 nitrogen and oxygen atoms in total. The summed E-state index contributed by atoms with van der Waals surface area (Å²) in [4.78, 5) is 0. The van der Waals surface area contributed by atoms with Crippen molar-refractivity contribution in [3.05, 3.63) is 0 Å². The van der Waals surface area contributed by atoms with Crippen LogP contribution in [0.5, 0.6) is 0 Å². The third-order valence-electron chi connectivity index (χ3n) is 3.73. The second kappa shape index (κ2) is 8.84. The molecule has 0 saturated carbocycles. The summed E-state index contributed by atoms with van der Waals surface area (Å²) in [6.45, 7) is -4.56. The van der Waals surface area contributed by atoms with E-state index in [2.05, 4.69) is 4.74 Å². The number of hydrogen-bond donors (Lipinski definition) is 1. The van der Waals surface area contributed by atoms with Crippen LogP contribution in [-0.2, 0) is 4.74 Å². The molecule has 0 aromatic rings. The summed E-state index contributed by atoms with van der Waals surface area (Å²) < 4.78 is 163. The molecule has 14 heteroatoms. The molecule has 0 saturated heterocycles. The molecule has 0 aliphatic carbocycles. The number of aliphatic hydroxyl groups is 1. The lowest BCUT2D eigenvalue weighted by molar-refractivity contribution is -0.428. The van der Waals surface area contributed by atoms with E-state index in [-0.39, 0.29) is 6.42 Å². The van der Waals surface area contributed by atoms with Gasteiger partial charge < -0.3 is 9.84 Å². The molecule has 28 heavy (non-hydrogen) atoms. The van der Waals surface area contributed by atoms with Gasteiger partial charge in [-0.2, -0.15) is 52.7 Å². The van der Waals surface area contributed by atoms with Gasteiger partial charge in [0.15, 0.2) is 0 Å². The van der Waals surface area contributed by atoms with Gasteiger partial charge in [-0.1, -0.05) is 26.2 Å². The molecule has 0 rings (SSSR count). The molecular weight excluding hydrogens is 428 g/mol. The first-order valence-electron chi connectivity index (χ1n) is 7.83. The van der Waals surface area contributed by atoms with Gasteiger partial charge in [0.1, 0.15) is 13.2 Å². The van der Waals surface area contributed by atoms with E-state index in [9.17, 15) is 52.7 Å². The first-order chi connectivity index (χ1) is 12.4. The van der Waals surface area contributed by atoms with Crippen LogP contribution >= 0.6 is 0 Å². The summed E-state index contributed by atoms with van der Waals surface area (Å²) in [5, 5.41) is 7.96. The quantitative estimate of drug-likeness (QED) is 0.304.